The number of halogens is 2. The van der Waals surface area contributed by atoms with Crippen molar-refractivity contribution in [1.29, 1.82) is 0 Å². The zero-order chi connectivity index (χ0) is 13.3. The van der Waals surface area contributed by atoms with Crippen molar-refractivity contribution in [3.05, 3.63) is 38.9 Å². The molecule has 5 heteroatoms. The lowest BCUT2D eigenvalue weighted by Gasteiger charge is -2.18. The Morgan fingerprint density at radius 3 is 2.83 bits per heavy atom. The molecule has 0 fully saturated rings. The fraction of sp³-hybridized carbons (Fsp3) is 0.308. The van der Waals surface area contributed by atoms with Crippen molar-refractivity contribution < 1.29 is 4.39 Å². The summed E-state index contributed by atoms with van der Waals surface area (Å²) in [7, 11) is 0. The van der Waals surface area contributed by atoms with Gasteiger partial charge >= 0.3 is 0 Å². The molecule has 18 heavy (non-hydrogen) atoms. The maximum absolute atomic E-state index is 13.8. The molecule has 0 saturated carbocycles. The maximum Gasteiger partial charge on any atom is 0.132 e. The van der Waals surface area contributed by atoms with Crippen molar-refractivity contribution in [2.45, 2.75) is 19.3 Å². The summed E-state index contributed by atoms with van der Waals surface area (Å²) >= 11 is 4.86. The Hall–Kier alpha value is -0.780. The molecular weight excluding hydrogens is 315 g/mol. The van der Waals surface area contributed by atoms with E-state index in [2.05, 4.69) is 20.9 Å². The standard InChI is InChI=1S/C13H14BrFN2S/c1-13(2,7-16)12-17-11(6-18-12)9-5-8(14)3-4-10(9)15/h3-6H,7,16H2,1-2H3. The van der Waals surface area contributed by atoms with Crippen molar-refractivity contribution in [2.24, 2.45) is 5.73 Å². The van der Waals surface area contributed by atoms with Gasteiger partial charge in [-0.15, -0.1) is 11.3 Å². The second-order valence-corrected chi connectivity index (χ2v) is 6.52. The summed E-state index contributed by atoms with van der Waals surface area (Å²) in [5, 5.41) is 2.80. The van der Waals surface area contributed by atoms with Gasteiger partial charge in [-0.25, -0.2) is 9.37 Å². The van der Waals surface area contributed by atoms with Crippen LogP contribution in [0.5, 0.6) is 0 Å². The van der Waals surface area contributed by atoms with Crippen LogP contribution in [0.3, 0.4) is 0 Å². The quantitative estimate of drug-likeness (QED) is 0.926. The lowest BCUT2D eigenvalue weighted by atomic mass is 9.95. The normalized spacial score (nSPS) is 11.8. The van der Waals surface area contributed by atoms with E-state index in [1.165, 1.54) is 17.4 Å². The van der Waals surface area contributed by atoms with Crippen LogP contribution in [0.25, 0.3) is 11.3 Å². The fourth-order valence-electron chi connectivity index (χ4n) is 1.49. The molecule has 0 bridgehead atoms. The highest BCUT2D eigenvalue weighted by Crippen LogP contribution is 2.31. The van der Waals surface area contributed by atoms with Gasteiger partial charge in [0.2, 0.25) is 0 Å². The average Bonchev–Trinajstić information content (AvgIpc) is 2.82. The van der Waals surface area contributed by atoms with Crippen LogP contribution in [-0.4, -0.2) is 11.5 Å². The number of nitrogens with zero attached hydrogens (tertiary/aromatic N) is 1. The minimum absolute atomic E-state index is 0.175. The molecule has 0 atom stereocenters. The Morgan fingerprint density at radius 1 is 1.44 bits per heavy atom. The van der Waals surface area contributed by atoms with Gasteiger partial charge in [-0.1, -0.05) is 29.8 Å². The second kappa shape index (κ2) is 5.07. The molecule has 0 unspecified atom stereocenters. The van der Waals surface area contributed by atoms with Crippen LogP contribution in [-0.2, 0) is 5.41 Å². The molecule has 0 spiro atoms. The third kappa shape index (κ3) is 2.63. The van der Waals surface area contributed by atoms with E-state index in [1.807, 2.05) is 19.2 Å². The summed E-state index contributed by atoms with van der Waals surface area (Å²) in [4.78, 5) is 4.50. The third-order valence-corrected chi connectivity index (χ3v) is 4.50. The topological polar surface area (TPSA) is 38.9 Å². The van der Waals surface area contributed by atoms with Gasteiger partial charge in [0.1, 0.15) is 10.8 Å². The monoisotopic (exact) mass is 328 g/mol. The van der Waals surface area contributed by atoms with Crippen LogP contribution in [0.4, 0.5) is 4.39 Å². The van der Waals surface area contributed by atoms with Crippen molar-refractivity contribution in [2.75, 3.05) is 6.54 Å². The van der Waals surface area contributed by atoms with E-state index in [0.29, 0.717) is 17.8 Å². The van der Waals surface area contributed by atoms with Crippen LogP contribution in [0.15, 0.2) is 28.1 Å². The molecule has 1 aromatic carbocycles. The molecule has 0 aliphatic carbocycles. The third-order valence-electron chi connectivity index (χ3n) is 2.80. The van der Waals surface area contributed by atoms with Gasteiger partial charge in [0.25, 0.3) is 0 Å². The molecule has 0 aliphatic rings. The van der Waals surface area contributed by atoms with Gasteiger partial charge in [-0.05, 0) is 18.2 Å². The smallest absolute Gasteiger partial charge is 0.132 e. The summed E-state index contributed by atoms with van der Waals surface area (Å²) in [6, 6.07) is 4.85. The van der Waals surface area contributed by atoms with E-state index in [0.717, 1.165) is 9.48 Å². The minimum Gasteiger partial charge on any atom is -0.330 e. The van der Waals surface area contributed by atoms with Gasteiger partial charge in [0.15, 0.2) is 0 Å². The zero-order valence-electron chi connectivity index (χ0n) is 10.2. The SMILES string of the molecule is CC(C)(CN)c1nc(-c2cc(Br)ccc2F)cs1. The minimum atomic E-state index is -0.263. The molecule has 2 aromatic rings. The van der Waals surface area contributed by atoms with Crippen LogP contribution in [0, 0.1) is 5.82 Å². The number of hydrogen-bond donors (Lipinski definition) is 1. The van der Waals surface area contributed by atoms with Gasteiger partial charge in [-0.3, -0.25) is 0 Å². The summed E-state index contributed by atoms with van der Waals surface area (Å²) < 4.78 is 14.6. The van der Waals surface area contributed by atoms with Gasteiger partial charge < -0.3 is 5.73 Å². The largest absolute Gasteiger partial charge is 0.330 e. The molecule has 0 saturated heterocycles. The molecule has 2 N–H and O–H groups in total. The predicted octanol–water partition coefficient (Wildman–Crippen LogP) is 3.95. The Balaban J connectivity index is 2.44. The summed E-state index contributed by atoms with van der Waals surface area (Å²) in [5.74, 6) is -0.263. The summed E-state index contributed by atoms with van der Waals surface area (Å²) in [6.07, 6.45) is 0. The Bertz CT molecular complexity index is 566. The van der Waals surface area contributed by atoms with E-state index in [-0.39, 0.29) is 11.2 Å². The van der Waals surface area contributed by atoms with Crippen LogP contribution < -0.4 is 5.73 Å². The lowest BCUT2D eigenvalue weighted by Crippen LogP contribution is -2.27. The number of hydrogen-bond acceptors (Lipinski definition) is 3. The Morgan fingerprint density at radius 2 is 2.17 bits per heavy atom. The molecular formula is C13H14BrFN2S. The van der Waals surface area contributed by atoms with E-state index in [9.17, 15) is 4.39 Å². The van der Waals surface area contributed by atoms with E-state index in [4.69, 9.17) is 5.73 Å². The average molecular weight is 329 g/mol. The molecule has 0 radical (unpaired) electrons. The molecule has 0 amide bonds. The zero-order valence-corrected chi connectivity index (χ0v) is 12.6. The second-order valence-electron chi connectivity index (χ2n) is 4.75. The summed E-state index contributed by atoms with van der Waals surface area (Å²) in [5.41, 5.74) is 6.73. The molecule has 0 aliphatic heterocycles. The fourth-order valence-corrected chi connectivity index (χ4v) is 2.81. The Labute approximate surface area is 118 Å². The first-order chi connectivity index (χ1) is 8.44. The number of nitrogens with two attached hydrogens (primary N) is 1. The first-order valence-corrected chi connectivity index (χ1v) is 7.23. The highest BCUT2D eigenvalue weighted by Gasteiger charge is 2.23. The number of aromatic nitrogens is 1. The summed E-state index contributed by atoms with van der Waals surface area (Å²) in [6.45, 7) is 4.58. The highest BCUT2D eigenvalue weighted by atomic mass is 79.9. The van der Waals surface area contributed by atoms with Crippen molar-refractivity contribution >= 4 is 27.3 Å². The van der Waals surface area contributed by atoms with Gasteiger partial charge in [0.05, 0.1) is 5.69 Å². The molecule has 1 heterocycles. The Kier molecular flexibility index (Phi) is 3.84. The van der Waals surface area contributed by atoms with Gasteiger partial charge in [0, 0.05) is 27.4 Å². The molecule has 96 valence electrons. The predicted molar refractivity (Wildman–Crippen MR) is 77.3 cm³/mol. The van der Waals surface area contributed by atoms with Gasteiger partial charge in [-0.2, -0.15) is 0 Å². The van der Waals surface area contributed by atoms with E-state index >= 15 is 0 Å². The number of thiazole rings is 1. The van der Waals surface area contributed by atoms with Crippen molar-refractivity contribution in [3.63, 3.8) is 0 Å². The van der Waals surface area contributed by atoms with Crippen molar-refractivity contribution in [1.82, 2.24) is 4.98 Å². The van der Waals surface area contributed by atoms with Crippen LogP contribution in [0.1, 0.15) is 18.9 Å². The van der Waals surface area contributed by atoms with Crippen LogP contribution in [0.2, 0.25) is 0 Å². The molecule has 1 aromatic heterocycles. The number of benzene rings is 1. The lowest BCUT2D eigenvalue weighted by molar-refractivity contribution is 0.535. The van der Waals surface area contributed by atoms with E-state index in [1.54, 1.807) is 12.1 Å². The van der Waals surface area contributed by atoms with Crippen molar-refractivity contribution in [3.8, 4) is 11.3 Å². The number of rotatable bonds is 3. The first-order valence-electron chi connectivity index (χ1n) is 5.55. The molecule has 2 nitrogen and oxygen atoms in total. The maximum atomic E-state index is 13.8. The highest BCUT2D eigenvalue weighted by molar-refractivity contribution is 9.10. The van der Waals surface area contributed by atoms with Crippen LogP contribution >= 0.6 is 27.3 Å². The van der Waals surface area contributed by atoms with E-state index < -0.39 is 0 Å². The first kappa shape index (κ1) is 13.6. The molecule has 2 rings (SSSR count).